The summed E-state index contributed by atoms with van der Waals surface area (Å²) >= 11 is 8.60. The fraction of sp³-hybridized carbons (Fsp3) is 0.211. The van der Waals surface area contributed by atoms with Crippen LogP contribution in [-0.4, -0.2) is 21.1 Å². The Labute approximate surface area is 174 Å². The minimum atomic E-state index is 0.808. The van der Waals surface area contributed by atoms with E-state index in [0.29, 0.717) is 0 Å². The SMILES string of the molecule is CCCc1nnc(SCc2ccc(Br)cc2)n1/N=C\c1cccc(Br)c1. The van der Waals surface area contributed by atoms with Crippen LogP contribution >= 0.6 is 43.6 Å². The smallest absolute Gasteiger partial charge is 0.191 e. The van der Waals surface area contributed by atoms with E-state index in [-0.39, 0.29) is 0 Å². The molecule has 0 bridgehead atoms. The maximum Gasteiger partial charge on any atom is 0.212 e. The number of benzene rings is 2. The van der Waals surface area contributed by atoms with Crippen LogP contribution in [0.3, 0.4) is 0 Å². The predicted molar refractivity (Wildman–Crippen MR) is 115 cm³/mol. The molecule has 0 radical (unpaired) electrons. The molecule has 1 heterocycles. The van der Waals surface area contributed by atoms with Crippen molar-refractivity contribution in [3.05, 3.63) is 74.4 Å². The highest BCUT2D eigenvalue weighted by molar-refractivity contribution is 9.10. The minimum absolute atomic E-state index is 0.808. The number of rotatable bonds is 7. The van der Waals surface area contributed by atoms with Gasteiger partial charge >= 0.3 is 0 Å². The van der Waals surface area contributed by atoms with Crippen LogP contribution in [0.5, 0.6) is 0 Å². The first-order valence-corrected chi connectivity index (χ1v) is 10.8. The molecule has 0 amide bonds. The molecule has 3 aromatic rings. The first kappa shape index (κ1) is 19.3. The van der Waals surface area contributed by atoms with Crippen LogP contribution in [0.15, 0.2) is 67.7 Å². The molecule has 4 nitrogen and oxygen atoms in total. The van der Waals surface area contributed by atoms with Crippen molar-refractivity contribution in [3.63, 3.8) is 0 Å². The van der Waals surface area contributed by atoms with Crippen molar-refractivity contribution in [2.45, 2.75) is 30.7 Å². The maximum absolute atomic E-state index is 4.64. The zero-order valence-corrected chi connectivity index (χ0v) is 18.3. The molecule has 0 N–H and O–H groups in total. The van der Waals surface area contributed by atoms with Gasteiger partial charge in [-0.3, -0.25) is 0 Å². The Balaban J connectivity index is 1.80. The molecular formula is C19H18Br2N4S. The van der Waals surface area contributed by atoms with Gasteiger partial charge in [0, 0.05) is 21.1 Å². The van der Waals surface area contributed by atoms with Crippen molar-refractivity contribution in [2.75, 3.05) is 0 Å². The number of hydrogen-bond acceptors (Lipinski definition) is 4. The summed E-state index contributed by atoms with van der Waals surface area (Å²) in [4.78, 5) is 0. The molecule has 0 aliphatic rings. The minimum Gasteiger partial charge on any atom is -0.191 e. The van der Waals surface area contributed by atoms with Crippen LogP contribution in [0.2, 0.25) is 0 Å². The Morgan fingerprint density at radius 2 is 1.88 bits per heavy atom. The summed E-state index contributed by atoms with van der Waals surface area (Å²) < 4.78 is 3.97. The second-order valence-electron chi connectivity index (χ2n) is 5.68. The molecule has 0 atom stereocenters. The first-order valence-electron chi connectivity index (χ1n) is 8.27. The second-order valence-corrected chi connectivity index (χ2v) is 8.45. The van der Waals surface area contributed by atoms with Gasteiger partial charge in [-0.05, 0) is 41.8 Å². The fourth-order valence-electron chi connectivity index (χ4n) is 2.32. The number of thioether (sulfide) groups is 1. The molecule has 0 aliphatic heterocycles. The summed E-state index contributed by atoms with van der Waals surface area (Å²) in [5.74, 6) is 1.71. The van der Waals surface area contributed by atoms with Crippen LogP contribution < -0.4 is 0 Å². The number of aryl methyl sites for hydroxylation is 1. The zero-order valence-electron chi connectivity index (χ0n) is 14.3. The van der Waals surface area contributed by atoms with Gasteiger partial charge in [-0.25, -0.2) is 0 Å². The van der Waals surface area contributed by atoms with E-state index in [0.717, 1.165) is 44.1 Å². The van der Waals surface area contributed by atoms with E-state index in [9.17, 15) is 0 Å². The van der Waals surface area contributed by atoms with Crippen molar-refractivity contribution >= 4 is 49.8 Å². The Morgan fingerprint density at radius 3 is 2.62 bits per heavy atom. The van der Waals surface area contributed by atoms with E-state index in [4.69, 9.17) is 0 Å². The van der Waals surface area contributed by atoms with E-state index in [1.165, 1.54) is 5.56 Å². The Bertz CT molecular complexity index is 891. The molecule has 0 saturated carbocycles. The molecule has 1 aromatic heterocycles. The van der Waals surface area contributed by atoms with Gasteiger partial charge in [0.1, 0.15) is 0 Å². The molecule has 3 rings (SSSR count). The molecule has 7 heteroatoms. The molecule has 134 valence electrons. The van der Waals surface area contributed by atoms with E-state index >= 15 is 0 Å². The van der Waals surface area contributed by atoms with Gasteiger partial charge in [0.05, 0.1) is 6.21 Å². The number of aromatic nitrogens is 3. The van der Waals surface area contributed by atoms with Crippen molar-refractivity contribution in [2.24, 2.45) is 5.10 Å². The van der Waals surface area contributed by atoms with Crippen molar-refractivity contribution in [1.82, 2.24) is 14.9 Å². The van der Waals surface area contributed by atoms with Gasteiger partial charge in [-0.1, -0.05) is 74.8 Å². The van der Waals surface area contributed by atoms with Gasteiger partial charge in [0.15, 0.2) is 5.82 Å². The monoisotopic (exact) mass is 492 g/mol. The van der Waals surface area contributed by atoms with Crippen LogP contribution in [0, 0.1) is 0 Å². The average Bonchev–Trinajstić information content (AvgIpc) is 3.02. The molecule has 0 saturated heterocycles. The highest BCUT2D eigenvalue weighted by Crippen LogP contribution is 2.23. The molecule has 0 fully saturated rings. The molecular weight excluding hydrogens is 476 g/mol. The lowest BCUT2D eigenvalue weighted by Crippen LogP contribution is -2.00. The normalized spacial score (nSPS) is 11.3. The lowest BCUT2D eigenvalue weighted by Gasteiger charge is -2.04. The summed E-state index contributed by atoms with van der Waals surface area (Å²) in [6, 6.07) is 16.4. The summed E-state index contributed by atoms with van der Waals surface area (Å²) in [7, 11) is 0. The largest absolute Gasteiger partial charge is 0.212 e. The highest BCUT2D eigenvalue weighted by Gasteiger charge is 2.11. The maximum atomic E-state index is 4.64. The second kappa shape index (κ2) is 9.48. The summed E-state index contributed by atoms with van der Waals surface area (Å²) in [5.41, 5.74) is 2.26. The highest BCUT2D eigenvalue weighted by atomic mass is 79.9. The third-order valence-electron chi connectivity index (χ3n) is 3.60. The fourth-order valence-corrected chi connectivity index (χ4v) is 3.86. The van der Waals surface area contributed by atoms with E-state index < -0.39 is 0 Å². The van der Waals surface area contributed by atoms with Crippen molar-refractivity contribution in [3.8, 4) is 0 Å². The van der Waals surface area contributed by atoms with Crippen molar-refractivity contribution < 1.29 is 0 Å². The predicted octanol–water partition coefficient (Wildman–Crippen LogP) is 5.93. The summed E-state index contributed by atoms with van der Waals surface area (Å²) in [6.07, 6.45) is 3.69. The third kappa shape index (κ3) is 5.28. The molecule has 0 aliphatic carbocycles. The Hall–Kier alpha value is -1.44. The Kier molecular flexibility index (Phi) is 7.05. The van der Waals surface area contributed by atoms with Gasteiger partial charge < -0.3 is 0 Å². The lowest BCUT2D eigenvalue weighted by atomic mass is 10.2. The lowest BCUT2D eigenvalue weighted by molar-refractivity contribution is 0.700. The first-order chi connectivity index (χ1) is 12.7. The van der Waals surface area contributed by atoms with Crippen LogP contribution in [-0.2, 0) is 12.2 Å². The summed E-state index contributed by atoms with van der Waals surface area (Å²) in [6.45, 7) is 2.13. The van der Waals surface area contributed by atoms with Gasteiger partial charge in [0.25, 0.3) is 0 Å². The summed E-state index contributed by atoms with van der Waals surface area (Å²) in [5, 5.41) is 14.1. The van der Waals surface area contributed by atoms with Gasteiger partial charge in [-0.2, -0.15) is 9.78 Å². The van der Waals surface area contributed by atoms with E-state index in [2.05, 4.69) is 78.3 Å². The van der Waals surface area contributed by atoms with Gasteiger partial charge in [0.2, 0.25) is 5.16 Å². The number of halogens is 2. The number of hydrogen-bond donors (Lipinski definition) is 0. The van der Waals surface area contributed by atoms with Crippen LogP contribution in [0.1, 0.15) is 30.3 Å². The van der Waals surface area contributed by atoms with Crippen LogP contribution in [0.25, 0.3) is 0 Å². The quantitative estimate of drug-likeness (QED) is 0.302. The van der Waals surface area contributed by atoms with Crippen LogP contribution in [0.4, 0.5) is 0 Å². The Morgan fingerprint density at radius 1 is 1.08 bits per heavy atom. The third-order valence-corrected chi connectivity index (χ3v) is 5.61. The molecule has 26 heavy (non-hydrogen) atoms. The van der Waals surface area contributed by atoms with Gasteiger partial charge in [-0.15, -0.1) is 10.2 Å². The average molecular weight is 494 g/mol. The van der Waals surface area contributed by atoms with E-state index in [1.54, 1.807) is 11.8 Å². The molecule has 2 aromatic carbocycles. The van der Waals surface area contributed by atoms with E-state index in [1.807, 2.05) is 35.2 Å². The molecule has 0 spiro atoms. The van der Waals surface area contributed by atoms with Crippen molar-refractivity contribution in [1.29, 1.82) is 0 Å². The molecule has 0 unspecified atom stereocenters. The standard InChI is InChI=1S/C19H18Br2N4S/c1-2-4-18-23-24-19(26-13-14-7-9-16(20)10-8-14)25(18)22-12-15-5-3-6-17(21)11-15/h3,5-12H,2,4,13H2,1H3/b22-12-. The topological polar surface area (TPSA) is 43.1 Å². The zero-order chi connectivity index (χ0) is 18.4. The number of nitrogens with zero attached hydrogens (tertiary/aromatic N) is 4.